The summed E-state index contributed by atoms with van der Waals surface area (Å²) in [6, 6.07) is 11.8. The lowest BCUT2D eigenvalue weighted by Crippen LogP contribution is -2.09. The van der Waals surface area contributed by atoms with Gasteiger partial charge in [0, 0.05) is 16.2 Å². The molecule has 3 nitrogen and oxygen atoms in total. The van der Waals surface area contributed by atoms with Crippen molar-refractivity contribution >= 4 is 21.6 Å². The molecule has 0 bridgehead atoms. The summed E-state index contributed by atoms with van der Waals surface area (Å²) in [5.41, 5.74) is 6.26. The second-order valence-corrected chi connectivity index (χ2v) is 4.76. The van der Waals surface area contributed by atoms with Crippen LogP contribution in [0.25, 0.3) is 0 Å². The largest absolute Gasteiger partial charge is 0.490 e. The Morgan fingerprint density at radius 3 is 2.58 bits per heavy atom. The molecule has 5 heteroatoms. The number of hydrogen-bond acceptors (Lipinski definition) is 3. The predicted octanol–water partition coefficient (Wildman–Crippen LogP) is 3.63. The third-order valence-electron chi connectivity index (χ3n) is 2.36. The number of halogens is 2. The van der Waals surface area contributed by atoms with E-state index in [1.165, 1.54) is 6.07 Å². The summed E-state index contributed by atoms with van der Waals surface area (Å²) in [5, 5.41) is 0. The van der Waals surface area contributed by atoms with Crippen molar-refractivity contribution in [1.82, 2.24) is 0 Å². The summed E-state index contributed by atoms with van der Waals surface area (Å²) in [6.45, 7) is 0.576. The zero-order valence-electron chi connectivity index (χ0n) is 10.1. The van der Waals surface area contributed by atoms with Crippen molar-refractivity contribution in [3.05, 3.63) is 52.8 Å². The Labute approximate surface area is 119 Å². The molecule has 0 spiro atoms. The standard InChI is InChI=1S/C14H13BrFNO2/c15-10-4-5-14(13(16)8-10)19-7-6-18-12-3-1-2-11(17)9-12/h1-5,8-9H,6-7,17H2. The molecule has 2 aromatic carbocycles. The van der Waals surface area contributed by atoms with Crippen molar-refractivity contribution in [1.29, 1.82) is 0 Å². The molecule has 0 saturated heterocycles. The summed E-state index contributed by atoms with van der Waals surface area (Å²) >= 11 is 3.18. The lowest BCUT2D eigenvalue weighted by molar-refractivity contribution is 0.211. The fraction of sp³-hybridized carbons (Fsp3) is 0.143. The van der Waals surface area contributed by atoms with Crippen molar-refractivity contribution in [3.8, 4) is 11.5 Å². The second-order valence-electron chi connectivity index (χ2n) is 3.84. The van der Waals surface area contributed by atoms with Crippen LogP contribution in [0.15, 0.2) is 46.9 Å². The minimum absolute atomic E-state index is 0.208. The lowest BCUT2D eigenvalue weighted by atomic mass is 10.3. The van der Waals surface area contributed by atoms with Crippen LogP contribution in [0, 0.1) is 5.82 Å². The van der Waals surface area contributed by atoms with Gasteiger partial charge >= 0.3 is 0 Å². The molecule has 2 N–H and O–H groups in total. The van der Waals surface area contributed by atoms with Crippen LogP contribution >= 0.6 is 15.9 Å². The molecule has 19 heavy (non-hydrogen) atoms. The number of rotatable bonds is 5. The Balaban J connectivity index is 1.81. The highest BCUT2D eigenvalue weighted by atomic mass is 79.9. The van der Waals surface area contributed by atoms with Crippen molar-refractivity contribution in [2.45, 2.75) is 0 Å². The summed E-state index contributed by atoms with van der Waals surface area (Å²) < 4.78 is 24.8. The molecule has 2 rings (SSSR count). The van der Waals surface area contributed by atoms with E-state index >= 15 is 0 Å². The lowest BCUT2D eigenvalue weighted by Gasteiger charge is -2.09. The van der Waals surface area contributed by atoms with Gasteiger partial charge in [-0.1, -0.05) is 22.0 Å². The molecule has 0 aromatic heterocycles. The Hall–Kier alpha value is -1.75. The van der Waals surface area contributed by atoms with E-state index in [9.17, 15) is 4.39 Å². The average Bonchev–Trinajstić information content (AvgIpc) is 2.37. The van der Waals surface area contributed by atoms with Crippen LogP contribution in [0.2, 0.25) is 0 Å². The number of hydrogen-bond donors (Lipinski definition) is 1. The van der Waals surface area contributed by atoms with Crippen molar-refractivity contribution < 1.29 is 13.9 Å². The van der Waals surface area contributed by atoms with Gasteiger partial charge in [-0.3, -0.25) is 0 Å². The first-order valence-electron chi connectivity index (χ1n) is 5.71. The van der Waals surface area contributed by atoms with Crippen molar-refractivity contribution in [3.63, 3.8) is 0 Å². The van der Waals surface area contributed by atoms with Gasteiger partial charge in [0.2, 0.25) is 0 Å². The van der Waals surface area contributed by atoms with E-state index in [4.69, 9.17) is 15.2 Å². The maximum Gasteiger partial charge on any atom is 0.166 e. The number of nitrogen functional groups attached to an aromatic ring is 1. The van der Waals surface area contributed by atoms with Gasteiger partial charge in [0.05, 0.1) is 0 Å². The predicted molar refractivity (Wildman–Crippen MR) is 75.9 cm³/mol. The summed E-state index contributed by atoms with van der Waals surface area (Å²) in [5.74, 6) is 0.470. The first-order chi connectivity index (χ1) is 9.15. The van der Waals surface area contributed by atoms with Crippen LogP contribution in [0.3, 0.4) is 0 Å². The van der Waals surface area contributed by atoms with E-state index < -0.39 is 5.82 Å². The second kappa shape index (κ2) is 6.43. The highest BCUT2D eigenvalue weighted by molar-refractivity contribution is 9.10. The van der Waals surface area contributed by atoms with Crippen LogP contribution in [0.1, 0.15) is 0 Å². The maximum atomic E-state index is 13.4. The SMILES string of the molecule is Nc1cccc(OCCOc2ccc(Br)cc2F)c1. The Morgan fingerprint density at radius 2 is 1.84 bits per heavy atom. The van der Waals surface area contributed by atoms with Crippen LogP contribution in [0.5, 0.6) is 11.5 Å². The fourth-order valence-corrected chi connectivity index (χ4v) is 1.84. The molecule has 0 unspecified atom stereocenters. The Bertz CT molecular complexity index is 563. The summed E-state index contributed by atoms with van der Waals surface area (Å²) in [7, 11) is 0. The van der Waals surface area contributed by atoms with E-state index in [0.29, 0.717) is 22.5 Å². The highest BCUT2D eigenvalue weighted by Gasteiger charge is 2.03. The third kappa shape index (κ3) is 4.13. The van der Waals surface area contributed by atoms with Gasteiger partial charge in [-0.15, -0.1) is 0 Å². The molecule has 100 valence electrons. The normalized spacial score (nSPS) is 10.2. The smallest absolute Gasteiger partial charge is 0.166 e. The fourth-order valence-electron chi connectivity index (χ4n) is 1.51. The van der Waals surface area contributed by atoms with Crippen LogP contribution in [0.4, 0.5) is 10.1 Å². The molecule has 0 aliphatic rings. The number of benzene rings is 2. The van der Waals surface area contributed by atoms with E-state index in [-0.39, 0.29) is 12.4 Å². The zero-order valence-corrected chi connectivity index (χ0v) is 11.7. The Morgan fingerprint density at radius 1 is 1.05 bits per heavy atom. The molecule has 0 saturated carbocycles. The highest BCUT2D eigenvalue weighted by Crippen LogP contribution is 2.21. The molecule has 0 fully saturated rings. The number of anilines is 1. The van der Waals surface area contributed by atoms with Crippen molar-refractivity contribution in [2.75, 3.05) is 18.9 Å². The minimum Gasteiger partial charge on any atom is -0.490 e. The van der Waals surface area contributed by atoms with Gasteiger partial charge in [-0.2, -0.15) is 0 Å². The van der Waals surface area contributed by atoms with E-state index in [1.807, 2.05) is 0 Å². The van der Waals surface area contributed by atoms with Gasteiger partial charge in [-0.05, 0) is 30.3 Å². The molecule has 0 aliphatic heterocycles. The summed E-state index contributed by atoms with van der Waals surface area (Å²) in [6.07, 6.45) is 0. The van der Waals surface area contributed by atoms with Gasteiger partial charge < -0.3 is 15.2 Å². The molecule has 0 amide bonds. The minimum atomic E-state index is -0.404. The number of ether oxygens (including phenoxy) is 2. The van der Waals surface area contributed by atoms with E-state index in [0.717, 1.165) is 0 Å². The van der Waals surface area contributed by atoms with Gasteiger partial charge in [0.15, 0.2) is 11.6 Å². The molecular formula is C14H13BrFNO2. The summed E-state index contributed by atoms with van der Waals surface area (Å²) in [4.78, 5) is 0. The third-order valence-corrected chi connectivity index (χ3v) is 2.85. The van der Waals surface area contributed by atoms with Crippen molar-refractivity contribution in [2.24, 2.45) is 0 Å². The molecule has 0 heterocycles. The van der Waals surface area contributed by atoms with Crippen LogP contribution < -0.4 is 15.2 Å². The molecular weight excluding hydrogens is 313 g/mol. The topological polar surface area (TPSA) is 44.5 Å². The molecule has 0 atom stereocenters. The molecule has 0 aliphatic carbocycles. The molecule has 0 radical (unpaired) electrons. The van der Waals surface area contributed by atoms with Crippen LogP contribution in [-0.2, 0) is 0 Å². The van der Waals surface area contributed by atoms with Gasteiger partial charge in [-0.25, -0.2) is 4.39 Å². The van der Waals surface area contributed by atoms with E-state index in [1.54, 1.807) is 36.4 Å². The monoisotopic (exact) mass is 325 g/mol. The first-order valence-corrected chi connectivity index (χ1v) is 6.50. The number of nitrogens with two attached hydrogens (primary N) is 1. The maximum absolute atomic E-state index is 13.4. The van der Waals surface area contributed by atoms with Gasteiger partial charge in [0.1, 0.15) is 19.0 Å². The average molecular weight is 326 g/mol. The first kappa shape index (κ1) is 13.7. The zero-order chi connectivity index (χ0) is 13.7. The Kier molecular flexibility index (Phi) is 4.63. The van der Waals surface area contributed by atoms with Gasteiger partial charge in [0.25, 0.3) is 0 Å². The molecule has 2 aromatic rings. The van der Waals surface area contributed by atoms with E-state index in [2.05, 4.69) is 15.9 Å². The van der Waals surface area contributed by atoms with Crippen LogP contribution in [-0.4, -0.2) is 13.2 Å². The quantitative estimate of drug-likeness (QED) is 0.674.